The highest BCUT2D eigenvalue weighted by molar-refractivity contribution is 9.10. The van der Waals surface area contributed by atoms with Gasteiger partial charge in [-0.1, -0.05) is 28.1 Å². The van der Waals surface area contributed by atoms with Crippen molar-refractivity contribution in [2.45, 2.75) is 0 Å². The first-order valence-corrected chi connectivity index (χ1v) is 7.66. The van der Waals surface area contributed by atoms with E-state index < -0.39 is 0 Å². The molecule has 0 saturated carbocycles. The van der Waals surface area contributed by atoms with Gasteiger partial charge in [0.05, 0.1) is 11.3 Å². The summed E-state index contributed by atoms with van der Waals surface area (Å²) in [7, 11) is 0. The molecule has 0 fully saturated rings. The Labute approximate surface area is 142 Å². The third-order valence-corrected chi connectivity index (χ3v) is 3.59. The predicted octanol–water partition coefficient (Wildman–Crippen LogP) is 4.60. The lowest BCUT2D eigenvalue weighted by atomic mass is 10.2. The number of hydrogen-bond acceptors (Lipinski definition) is 5. The summed E-state index contributed by atoms with van der Waals surface area (Å²) in [5.41, 5.74) is 2.17. The van der Waals surface area contributed by atoms with E-state index in [1.165, 1.54) is 0 Å². The summed E-state index contributed by atoms with van der Waals surface area (Å²) < 4.78 is 1.01. The zero-order chi connectivity index (χ0) is 16.1. The molecule has 0 amide bonds. The molecule has 3 rings (SSSR count). The molecule has 0 radical (unpaired) electrons. The number of nitrogens with zero attached hydrogens (tertiary/aromatic N) is 3. The number of aromatic nitrogens is 2. The average Bonchev–Trinajstić information content (AvgIpc) is 2.58. The van der Waals surface area contributed by atoms with Crippen LogP contribution in [0, 0.1) is 11.3 Å². The minimum absolute atomic E-state index is 0.478. The Bertz CT molecular complexity index is 855. The van der Waals surface area contributed by atoms with Gasteiger partial charge >= 0.3 is 0 Å². The molecule has 1 aromatic heterocycles. The Hall–Kier alpha value is -2.91. The Morgan fingerprint density at radius 2 is 1.74 bits per heavy atom. The molecule has 0 unspecified atom stereocenters. The van der Waals surface area contributed by atoms with Gasteiger partial charge in [0.15, 0.2) is 0 Å². The van der Waals surface area contributed by atoms with Gasteiger partial charge in [0.25, 0.3) is 0 Å². The molecule has 0 saturated heterocycles. The van der Waals surface area contributed by atoms with E-state index in [-0.39, 0.29) is 0 Å². The number of benzene rings is 2. The van der Waals surface area contributed by atoms with Gasteiger partial charge in [-0.25, -0.2) is 4.98 Å². The number of nitrogens with one attached hydrogen (secondary N) is 2. The van der Waals surface area contributed by atoms with Crippen LogP contribution in [0.3, 0.4) is 0 Å². The highest BCUT2D eigenvalue weighted by atomic mass is 79.9. The first kappa shape index (κ1) is 15.0. The van der Waals surface area contributed by atoms with E-state index in [2.05, 4.69) is 42.6 Å². The molecule has 0 spiro atoms. The fraction of sp³-hybridized carbons (Fsp3) is 0. The summed E-state index contributed by atoms with van der Waals surface area (Å²) in [6.07, 6.45) is 1.66. The van der Waals surface area contributed by atoms with Gasteiger partial charge in [0, 0.05) is 16.4 Å². The molecule has 0 atom stereocenters. The third-order valence-electron chi connectivity index (χ3n) is 3.07. The molecule has 3 aromatic rings. The van der Waals surface area contributed by atoms with Crippen LogP contribution >= 0.6 is 15.9 Å². The highest BCUT2D eigenvalue weighted by Gasteiger charge is 2.04. The van der Waals surface area contributed by atoms with E-state index in [1.54, 1.807) is 18.3 Å². The molecule has 0 aliphatic heterocycles. The maximum atomic E-state index is 9.13. The van der Waals surface area contributed by atoms with E-state index in [4.69, 9.17) is 5.26 Å². The number of nitriles is 1. The first-order valence-electron chi connectivity index (χ1n) is 6.86. The fourth-order valence-corrected chi connectivity index (χ4v) is 2.24. The van der Waals surface area contributed by atoms with Crippen LogP contribution in [0.5, 0.6) is 0 Å². The quantitative estimate of drug-likeness (QED) is 0.706. The van der Waals surface area contributed by atoms with E-state index in [0.29, 0.717) is 23.0 Å². The molecular formula is C17H12BrN5. The summed E-state index contributed by atoms with van der Waals surface area (Å²) in [6.45, 7) is 0. The molecule has 1 heterocycles. The zero-order valence-electron chi connectivity index (χ0n) is 12.0. The summed E-state index contributed by atoms with van der Waals surface area (Å²) in [4.78, 5) is 8.61. The third kappa shape index (κ3) is 3.84. The number of para-hydroxylation sites is 1. The Balaban J connectivity index is 1.80. The largest absolute Gasteiger partial charge is 0.339 e. The molecule has 0 aliphatic carbocycles. The number of anilines is 4. The van der Waals surface area contributed by atoms with Gasteiger partial charge in [-0.15, -0.1) is 0 Å². The smallest absolute Gasteiger partial charge is 0.229 e. The standard InChI is InChI=1S/C17H12BrN5/c18-13-5-7-14(8-6-13)21-17-20-10-9-16(23-17)22-15-4-2-1-3-12(15)11-19/h1-10H,(H2,20,21,22,23). The maximum absolute atomic E-state index is 9.13. The van der Waals surface area contributed by atoms with E-state index >= 15 is 0 Å². The number of rotatable bonds is 4. The molecule has 2 aromatic carbocycles. The number of halogens is 1. The van der Waals surface area contributed by atoms with E-state index in [9.17, 15) is 0 Å². The van der Waals surface area contributed by atoms with Crippen molar-refractivity contribution < 1.29 is 0 Å². The summed E-state index contributed by atoms with van der Waals surface area (Å²) in [5.74, 6) is 1.09. The van der Waals surface area contributed by atoms with Crippen LogP contribution in [0.25, 0.3) is 0 Å². The minimum atomic E-state index is 0.478. The SMILES string of the molecule is N#Cc1ccccc1Nc1ccnc(Nc2ccc(Br)cc2)n1. The van der Waals surface area contributed by atoms with Crippen molar-refractivity contribution >= 4 is 39.1 Å². The van der Waals surface area contributed by atoms with Crippen molar-refractivity contribution in [3.63, 3.8) is 0 Å². The molecule has 2 N–H and O–H groups in total. The van der Waals surface area contributed by atoms with E-state index in [0.717, 1.165) is 10.2 Å². The van der Waals surface area contributed by atoms with Crippen LogP contribution in [0.2, 0.25) is 0 Å². The molecule has 6 heteroatoms. The van der Waals surface area contributed by atoms with Gasteiger partial charge in [-0.3, -0.25) is 0 Å². The first-order chi connectivity index (χ1) is 11.2. The van der Waals surface area contributed by atoms with Crippen LogP contribution in [0.1, 0.15) is 5.56 Å². The fourth-order valence-electron chi connectivity index (χ4n) is 1.98. The Kier molecular flexibility index (Phi) is 4.50. The van der Waals surface area contributed by atoms with Gasteiger partial charge < -0.3 is 10.6 Å². The molecular weight excluding hydrogens is 354 g/mol. The lowest BCUT2D eigenvalue weighted by Crippen LogP contribution is -2.01. The van der Waals surface area contributed by atoms with Gasteiger partial charge in [0.2, 0.25) is 5.95 Å². The Morgan fingerprint density at radius 3 is 2.52 bits per heavy atom. The summed E-state index contributed by atoms with van der Waals surface area (Å²) in [5, 5.41) is 15.4. The second-order valence-electron chi connectivity index (χ2n) is 4.68. The maximum Gasteiger partial charge on any atom is 0.229 e. The van der Waals surface area contributed by atoms with Crippen LogP contribution in [-0.2, 0) is 0 Å². The van der Waals surface area contributed by atoms with Crippen molar-refractivity contribution in [1.82, 2.24) is 9.97 Å². The zero-order valence-corrected chi connectivity index (χ0v) is 13.6. The van der Waals surface area contributed by atoms with Crippen LogP contribution in [0.4, 0.5) is 23.1 Å². The van der Waals surface area contributed by atoms with Crippen molar-refractivity contribution in [3.05, 3.63) is 70.8 Å². The van der Waals surface area contributed by atoms with Crippen LogP contribution in [0.15, 0.2) is 65.3 Å². The van der Waals surface area contributed by atoms with Gasteiger partial charge in [0.1, 0.15) is 11.9 Å². The topological polar surface area (TPSA) is 73.6 Å². The van der Waals surface area contributed by atoms with Crippen molar-refractivity contribution in [2.75, 3.05) is 10.6 Å². The van der Waals surface area contributed by atoms with Crippen molar-refractivity contribution in [2.24, 2.45) is 0 Å². The Morgan fingerprint density at radius 1 is 0.957 bits per heavy atom. The van der Waals surface area contributed by atoms with Crippen molar-refractivity contribution in [3.8, 4) is 6.07 Å². The molecule has 0 aliphatic rings. The lowest BCUT2D eigenvalue weighted by Gasteiger charge is -2.09. The van der Waals surface area contributed by atoms with Gasteiger partial charge in [-0.2, -0.15) is 10.2 Å². The number of hydrogen-bond donors (Lipinski definition) is 2. The molecule has 5 nitrogen and oxygen atoms in total. The predicted molar refractivity (Wildman–Crippen MR) is 93.9 cm³/mol. The van der Waals surface area contributed by atoms with Crippen molar-refractivity contribution in [1.29, 1.82) is 5.26 Å². The van der Waals surface area contributed by atoms with Gasteiger partial charge in [-0.05, 0) is 42.5 Å². The second-order valence-corrected chi connectivity index (χ2v) is 5.60. The molecule has 0 bridgehead atoms. The molecule has 23 heavy (non-hydrogen) atoms. The average molecular weight is 366 g/mol. The minimum Gasteiger partial charge on any atom is -0.339 e. The second kappa shape index (κ2) is 6.90. The monoisotopic (exact) mass is 365 g/mol. The van der Waals surface area contributed by atoms with Crippen LogP contribution in [-0.4, -0.2) is 9.97 Å². The summed E-state index contributed by atoms with van der Waals surface area (Å²) in [6, 6.07) is 18.9. The van der Waals surface area contributed by atoms with E-state index in [1.807, 2.05) is 42.5 Å². The normalized spacial score (nSPS) is 9.91. The highest BCUT2D eigenvalue weighted by Crippen LogP contribution is 2.21. The molecule has 112 valence electrons. The van der Waals surface area contributed by atoms with Crippen LogP contribution < -0.4 is 10.6 Å². The lowest BCUT2D eigenvalue weighted by molar-refractivity contribution is 1.16. The summed E-state index contributed by atoms with van der Waals surface area (Å²) >= 11 is 3.40.